The molecule has 21 heavy (non-hydrogen) atoms. The van der Waals surface area contributed by atoms with Crippen LogP contribution in [0.25, 0.3) is 0 Å². The second kappa shape index (κ2) is 5.60. The Morgan fingerprint density at radius 3 is 2.43 bits per heavy atom. The number of hydrogen-bond donors (Lipinski definition) is 2. The van der Waals surface area contributed by atoms with Crippen molar-refractivity contribution in [1.82, 2.24) is 9.97 Å². The first-order valence-electron chi connectivity index (χ1n) is 6.95. The van der Waals surface area contributed by atoms with E-state index in [1.165, 1.54) is 0 Å². The van der Waals surface area contributed by atoms with Crippen LogP contribution in [0.15, 0.2) is 30.3 Å². The Labute approximate surface area is 126 Å². The predicted octanol–water partition coefficient (Wildman–Crippen LogP) is 3.17. The maximum Gasteiger partial charge on any atom is 0.138 e. The minimum atomic E-state index is -0.142. The van der Waals surface area contributed by atoms with E-state index in [4.69, 9.17) is 5.73 Å². The van der Waals surface area contributed by atoms with Gasteiger partial charge in [-0.2, -0.15) is 0 Å². The van der Waals surface area contributed by atoms with Gasteiger partial charge in [0.15, 0.2) is 0 Å². The number of nitrogen functional groups attached to an aromatic ring is 1. The number of nitrogens with one attached hydrogen (secondary N) is 1. The van der Waals surface area contributed by atoms with E-state index in [1.807, 2.05) is 26.2 Å². The van der Waals surface area contributed by atoms with Crippen LogP contribution in [-0.4, -0.2) is 24.1 Å². The molecule has 0 bridgehead atoms. The summed E-state index contributed by atoms with van der Waals surface area (Å²) in [5, 5.41) is 3.29. The van der Waals surface area contributed by atoms with Crippen LogP contribution in [0.3, 0.4) is 0 Å². The van der Waals surface area contributed by atoms with E-state index in [2.05, 4.69) is 53.1 Å². The molecule has 1 aromatic carbocycles. The summed E-state index contributed by atoms with van der Waals surface area (Å²) in [6.07, 6.45) is 0. The molecule has 112 valence electrons. The van der Waals surface area contributed by atoms with Gasteiger partial charge in [-0.05, 0) is 18.2 Å². The highest BCUT2D eigenvalue weighted by molar-refractivity contribution is 5.64. The van der Waals surface area contributed by atoms with Gasteiger partial charge >= 0.3 is 0 Å². The summed E-state index contributed by atoms with van der Waals surface area (Å²) in [5.41, 5.74) is 7.84. The van der Waals surface area contributed by atoms with Crippen molar-refractivity contribution in [3.05, 3.63) is 36.2 Å². The van der Waals surface area contributed by atoms with Crippen LogP contribution in [0.4, 0.5) is 23.0 Å². The lowest BCUT2D eigenvalue weighted by molar-refractivity contribution is 0.547. The van der Waals surface area contributed by atoms with Gasteiger partial charge in [0.05, 0.1) is 0 Å². The topological polar surface area (TPSA) is 67.1 Å². The van der Waals surface area contributed by atoms with Crippen molar-refractivity contribution in [3.8, 4) is 0 Å². The number of rotatable bonds is 3. The minimum Gasteiger partial charge on any atom is -0.384 e. The van der Waals surface area contributed by atoms with Gasteiger partial charge in [-0.1, -0.05) is 26.8 Å². The normalized spacial score (nSPS) is 11.3. The van der Waals surface area contributed by atoms with Crippen LogP contribution in [0, 0.1) is 0 Å². The Morgan fingerprint density at radius 1 is 1.10 bits per heavy atom. The highest BCUT2D eigenvalue weighted by Gasteiger charge is 2.18. The molecule has 0 radical (unpaired) electrons. The smallest absolute Gasteiger partial charge is 0.138 e. The molecule has 5 nitrogen and oxygen atoms in total. The molecule has 1 heterocycles. The van der Waals surface area contributed by atoms with E-state index in [0.29, 0.717) is 11.6 Å². The Hall–Kier alpha value is -2.30. The zero-order chi connectivity index (χ0) is 15.6. The van der Waals surface area contributed by atoms with Crippen LogP contribution in [0.5, 0.6) is 0 Å². The Balaban J connectivity index is 2.31. The molecule has 0 saturated heterocycles. The molecule has 0 saturated carbocycles. The van der Waals surface area contributed by atoms with Crippen molar-refractivity contribution in [2.75, 3.05) is 30.0 Å². The molecule has 2 rings (SSSR count). The number of anilines is 4. The standard InChI is InChI=1S/C16H23N5/c1-16(2,3)15-19-13(17)10-14(20-15)18-11-7-6-8-12(9-11)21(4)5/h6-10H,1-5H3,(H3,17,18,19,20). The van der Waals surface area contributed by atoms with Crippen LogP contribution in [0.2, 0.25) is 0 Å². The molecule has 0 aliphatic carbocycles. The van der Waals surface area contributed by atoms with Crippen LogP contribution < -0.4 is 16.0 Å². The second-order valence-corrected chi connectivity index (χ2v) is 6.32. The summed E-state index contributed by atoms with van der Waals surface area (Å²) < 4.78 is 0. The Kier molecular flexibility index (Phi) is 4.02. The molecule has 2 aromatic rings. The average Bonchev–Trinajstić information content (AvgIpc) is 2.37. The lowest BCUT2D eigenvalue weighted by atomic mass is 9.96. The van der Waals surface area contributed by atoms with Gasteiger partial charge in [-0.25, -0.2) is 9.97 Å². The first-order valence-corrected chi connectivity index (χ1v) is 6.95. The molecule has 0 aliphatic rings. The van der Waals surface area contributed by atoms with E-state index in [9.17, 15) is 0 Å². The van der Waals surface area contributed by atoms with Crippen molar-refractivity contribution in [2.45, 2.75) is 26.2 Å². The second-order valence-electron chi connectivity index (χ2n) is 6.32. The first kappa shape index (κ1) is 15.1. The highest BCUT2D eigenvalue weighted by atomic mass is 15.1. The fourth-order valence-electron chi connectivity index (χ4n) is 1.88. The summed E-state index contributed by atoms with van der Waals surface area (Å²) in [5.74, 6) is 1.92. The zero-order valence-electron chi connectivity index (χ0n) is 13.3. The molecule has 0 unspecified atom stereocenters. The van der Waals surface area contributed by atoms with Crippen molar-refractivity contribution < 1.29 is 0 Å². The number of aromatic nitrogens is 2. The predicted molar refractivity (Wildman–Crippen MR) is 89.2 cm³/mol. The third-order valence-electron chi connectivity index (χ3n) is 3.05. The lowest BCUT2D eigenvalue weighted by Gasteiger charge is -2.18. The van der Waals surface area contributed by atoms with Crippen molar-refractivity contribution in [1.29, 1.82) is 0 Å². The quantitative estimate of drug-likeness (QED) is 0.906. The molecular weight excluding hydrogens is 262 g/mol. The van der Waals surface area contributed by atoms with Gasteiger partial charge in [0.25, 0.3) is 0 Å². The van der Waals surface area contributed by atoms with E-state index in [1.54, 1.807) is 6.07 Å². The van der Waals surface area contributed by atoms with Crippen molar-refractivity contribution in [2.24, 2.45) is 0 Å². The molecule has 0 spiro atoms. The van der Waals surface area contributed by atoms with Gasteiger partial charge in [-0.15, -0.1) is 0 Å². The monoisotopic (exact) mass is 285 g/mol. The molecule has 1 aromatic heterocycles. The van der Waals surface area contributed by atoms with E-state index in [0.717, 1.165) is 17.2 Å². The number of hydrogen-bond acceptors (Lipinski definition) is 5. The molecular formula is C16H23N5. The Morgan fingerprint density at radius 2 is 1.81 bits per heavy atom. The maximum atomic E-state index is 5.89. The molecule has 5 heteroatoms. The molecule has 0 fully saturated rings. The third-order valence-corrected chi connectivity index (χ3v) is 3.05. The number of nitrogens with two attached hydrogens (primary N) is 1. The fourth-order valence-corrected chi connectivity index (χ4v) is 1.88. The molecule has 0 aliphatic heterocycles. The van der Waals surface area contributed by atoms with Crippen molar-refractivity contribution in [3.63, 3.8) is 0 Å². The zero-order valence-corrected chi connectivity index (χ0v) is 13.3. The lowest BCUT2D eigenvalue weighted by Crippen LogP contribution is -2.17. The van der Waals surface area contributed by atoms with Gasteiger partial charge in [0.2, 0.25) is 0 Å². The van der Waals surface area contributed by atoms with Crippen LogP contribution >= 0.6 is 0 Å². The van der Waals surface area contributed by atoms with E-state index in [-0.39, 0.29) is 5.41 Å². The Bertz CT molecular complexity index is 629. The maximum absolute atomic E-state index is 5.89. The number of nitrogens with zero attached hydrogens (tertiary/aromatic N) is 3. The first-order chi connectivity index (χ1) is 9.75. The molecule has 3 N–H and O–H groups in total. The number of benzene rings is 1. The van der Waals surface area contributed by atoms with Crippen LogP contribution in [0.1, 0.15) is 26.6 Å². The largest absolute Gasteiger partial charge is 0.384 e. The summed E-state index contributed by atoms with van der Waals surface area (Å²) in [6, 6.07) is 9.88. The fraction of sp³-hybridized carbons (Fsp3) is 0.375. The van der Waals surface area contributed by atoms with Crippen LogP contribution in [-0.2, 0) is 5.41 Å². The van der Waals surface area contributed by atoms with Gasteiger partial charge < -0.3 is 16.0 Å². The molecule has 0 atom stereocenters. The summed E-state index contributed by atoms with van der Waals surface area (Å²) in [4.78, 5) is 10.9. The minimum absolute atomic E-state index is 0.142. The third kappa shape index (κ3) is 3.84. The summed E-state index contributed by atoms with van der Waals surface area (Å²) >= 11 is 0. The SMILES string of the molecule is CN(C)c1cccc(Nc2cc(N)nc(C(C)(C)C)n2)c1. The van der Waals surface area contributed by atoms with E-state index < -0.39 is 0 Å². The van der Waals surface area contributed by atoms with Gasteiger partial charge in [-0.3, -0.25) is 0 Å². The van der Waals surface area contributed by atoms with E-state index >= 15 is 0 Å². The summed E-state index contributed by atoms with van der Waals surface area (Å²) in [6.45, 7) is 6.20. The van der Waals surface area contributed by atoms with Gasteiger partial charge in [0.1, 0.15) is 17.5 Å². The van der Waals surface area contributed by atoms with Gasteiger partial charge in [0, 0.05) is 37.0 Å². The molecule has 0 amide bonds. The average molecular weight is 285 g/mol. The summed E-state index contributed by atoms with van der Waals surface area (Å²) in [7, 11) is 4.03. The highest BCUT2D eigenvalue weighted by Crippen LogP contribution is 2.24. The van der Waals surface area contributed by atoms with Crippen molar-refractivity contribution >= 4 is 23.0 Å².